The summed E-state index contributed by atoms with van der Waals surface area (Å²) in [4.78, 5) is -0.746. The van der Waals surface area contributed by atoms with E-state index in [4.69, 9.17) is 0 Å². The quantitative estimate of drug-likeness (QED) is 0.743. The largest absolute Gasteiger partial charge is 0.416 e. The molecule has 0 saturated carbocycles. The molecule has 2 aromatic rings. The predicted molar refractivity (Wildman–Crippen MR) is 76.8 cm³/mol. The number of hydrogen-bond acceptors (Lipinski definition) is 2. The van der Waals surface area contributed by atoms with Crippen molar-refractivity contribution < 1.29 is 43.5 Å². The van der Waals surface area contributed by atoms with E-state index in [9.17, 15) is 43.5 Å². The number of alkyl halides is 6. The molecule has 2 rings (SSSR count). The van der Waals surface area contributed by atoms with Crippen molar-refractivity contribution in [1.29, 1.82) is 0 Å². The molecule has 12 heteroatoms. The molecule has 0 heterocycles. The van der Waals surface area contributed by atoms with Crippen molar-refractivity contribution in [2.24, 2.45) is 0 Å². The van der Waals surface area contributed by atoms with Crippen LogP contribution in [0.2, 0.25) is 0 Å². The van der Waals surface area contributed by atoms with E-state index in [0.717, 1.165) is 0 Å². The molecule has 0 spiro atoms. The van der Waals surface area contributed by atoms with Crippen LogP contribution in [0, 0.1) is 11.6 Å². The third kappa shape index (κ3) is 5.16. The van der Waals surface area contributed by atoms with Crippen LogP contribution in [-0.4, -0.2) is 8.42 Å². The molecule has 0 saturated heterocycles. The SMILES string of the molecule is O=S(=O)(NCc1cc(C(F)(F)F)cc(C(F)(F)F)c1)c1ccc(F)c(F)c1. The summed E-state index contributed by atoms with van der Waals surface area (Å²) in [5.74, 6) is -2.82. The average Bonchev–Trinajstić information content (AvgIpc) is 2.53. The second-order valence-corrected chi connectivity index (χ2v) is 7.08. The normalized spacial score (nSPS) is 13.0. The fraction of sp³-hybridized carbons (Fsp3) is 0.200. The molecule has 0 aliphatic heterocycles. The molecule has 0 bridgehead atoms. The fourth-order valence-electron chi connectivity index (χ4n) is 2.03. The lowest BCUT2D eigenvalue weighted by molar-refractivity contribution is -0.143. The highest BCUT2D eigenvalue weighted by atomic mass is 32.2. The molecule has 0 amide bonds. The highest BCUT2D eigenvalue weighted by molar-refractivity contribution is 7.89. The zero-order valence-corrected chi connectivity index (χ0v) is 13.7. The molecule has 0 aliphatic rings. The first-order valence-electron chi connectivity index (χ1n) is 6.93. The van der Waals surface area contributed by atoms with Crippen LogP contribution in [0.3, 0.4) is 0 Å². The summed E-state index contributed by atoms with van der Waals surface area (Å²) in [5.41, 5.74) is -3.85. The second-order valence-electron chi connectivity index (χ2n) is 5.31. The Kier molecular flexibility index (Phi) is 5.53. The third-order valence-corrected chi connectivity index (χ3v) is 4.71. The zero-order chi connectivity index (χ0) is 20.6. The van der Waals surface area contributed by atoms with Gasteiger partial charge in [-0.1, -0.05) is 0 Å². The van der Waals surface area contributed by atoms with Crippen molar-refractivity contribution in [3.05, 3.63) is 64.7 Å². The van der Waals surface area contributed by atoms with Gasteiger partial charge in [0.25, 0.3) is 0 Å². The molecule has 27 heavy (non-hydrogen) atoms. The summed E-state index contributed by atoms with van der Waals surface area (Å²) in [6.07, 6.45) is -10.2. The van der Waals surface area contributed by atoms with E-state index in [1.54, 1.807) is 4.72 Å². The molecule has 3 nitrogen and oxygen atoms in total. The zero-order valence-electron chi connectivity index (χ0n) is 12.9. The molecule has 0 atom stereocenters. The van der Waals surface area contributed by atoms with Crippen LogP contribution >= 0.6 is 0 Å². The van der Waals surface area contributed by atoms with Gasteiger partial charge in [0.05, 0.1) is 16.0 Å². The van der Waals surface area contributed by atoms with Crippen molar-refractivity contribution in [3.8, 4) is 0 Å². The van der Waals surface area contributed by atoms with Gasteiger partial charge in [-0.3, -0.25) is 0 Å². The lowest BCUT2D eigenvalue weighted by atomic mass is 10.0. The Morgan fingerprint density at radius 3 is 1.74 bits per heavy atom. The highest BCUT2D eigenvalue weighted by Crippen LogP contribution is 2.36. The van der Waals surface area contributed by atoms with Crippen molar-refractivity contribution in [3.63, 3.8) is 0 Å². The summed E-state index contributed by atoms with van der Waals surface area (Å²) >= 11 is 0. The van der Waals surface area contributed by atoms with Gasteiger partial charge >= 0.3 is 12.4 Å². The van der Waals surface area contributed by atoms with Crippen LogP contribution in [0.4, 0.5) is 35.1 Å². The highest BCUT2D eigenvalue weighted by Gasteiger charge is 2.37. The molecule has 0 fully saturated rings. The summed E-state index contributed by atoms with van der Waals surface area (Å²) in [7, 11) is -4.51. The second kappa shape index (κ2) is 7.08. The Hall–Kier alpha value is -2.21. The van der Waals surface area contributed by atoms with Gasteiger partial charge in [0.15, 0.2) is 11.6 Å². The summed E-state index contributed by atoms with van der Waals surface area (Å²) in [6.45, 7) is -0.936. The lowest BCUT2D eigenvalue weighted by Gasteiger charge is -2.14. The van der Waals surface area contributed by atoms with Crippen LogP contribution in [0.15, 0.2) is 41.3 Å². The maximum atomic E-state index is 13.1. The minimum absolute atomic E-state index is 0.104. The topological polar surface area (TPSA) is 46.2 Å². The minimum Gasteiger partial charge on any atom is -0.207 e. The van der Waals surface area contributed by atoms with E-state index < -0.39 is 62.1 Å². The molecule has 148 valence electrons. The van der Waals surface area contributed by atoms with Gasteiger partial charge in [0.2, 0.25) is 10.0 Å². The molecule has 0 aliphatic carbocycles. The Labute approximate surface area is 147 Å². The Bertz CT molecular complexity index is 919. The number of halogens is 8. The van der Waals surface area contributed by atoms with Crippen LogP contribution in [0.25, 0.3) is 0 Å². The molecule has 0 aromatic heterocycles. The van der Waals surface area contributed by atoms with Crippen molar-refractivity contribution in [1.82, 2.24) is 4.72 Å². The van der Waals surface area contributed by atoms with E-state index in [1.165, 1.54) is 0 Å². The molecule has 1 N–H and O–H groups in total. The van der Waals surface area contributed by atoms with Crippen molar-refractivity contribution in [2.45, 2.75) is 23.8 Å². The number of nitrogens with one attached hydrogen (secondary N) is 1. The maximum absolute atomic E-state index is 13.1. The molecular formula is C15H9F8NO2S. The van der Waals surface area contributed by atoms with Crippen molar-refractivity contribution in [2.75, 3.05) is 0 Å². The summed E-state index contributed by atoms with van der Waals surface area (Å²) in [5, 5.41) is 0. The summed E-state index contributed by atoms with van der Waals surface area (Å²) in [6, 6.07) is 2.12. The summed E-state index contributed by atoms with van der Waals surface area (Å²) < 4.78 is 128. The number of sulfonamides is 1. The minimum atomic E-state index is -5.09. The molecule has 0 radical (unpaired) electrons. The van der Waals surface area contributed by atoms with Gasteiger partial charge in [-0.15, -0.1) is 0 Å². The Morgan fingerprint density at radius 2 is 1.30 bits per heavy atom. The predicted octanol–water partition coefficient (Wildman–Crippen LogP) is 4.48. The van der Waals surface area contributed by atoms with Gasteiger partial charge in [0, 0.05) is 6.54 Å². The monoisotopic (exact) mass is 419 g/mol. The molecule has 2 aromatic carbocycles. The standard InChI is InChI=1S/C15H9F8NO2S/c16-12-2-1-11(6-13(12)17)27(25,26)24-7-8-3-9(14(18,19)20)5-10(4-8)15(21,22)23/h1-6,24H,7H2. The van der Waals surface area contributed by atoms with Gasteiger partial charge in [0.1, 0.15) is 0 Å². The first-order valence-corrected chi connectivity index (χ1v) is 8.41. The smallest absolute Gasteiger partial charge is 0.207 e. The third-order valence-electron chi connectivity index (χ3n) is 3.32. The number of hydrogen-bond donors (Lipinski definition) is 1. The van der Waals surface area contributed by atoms with E-state index in [-0.39, 0.29) is 6.07 Å². The van der Waals surface area contributed by atoms with E-state index in [1.807, 2.05) is 0 Å². The van der Waals surface area contributed by atoms with Crippen LogP contribution in [0.1, 0.15) is 16.7 Å². The number of rotatable bonds is 4. The molecule has 0 unspecified atom stereocenters. The van der Waals surface area contributed by atoms with Gasteiger partial charge in [-0.05, 0) is 42.0 Å². The van der Waals surface area contributed by atoms with E-state index in [2.05, 4.69) is 0 Å². The Morgan fingerprint density at radius 1 is 0.778 bits per heavy atom. The van der Waals surface area contributed by atoms with Gasteiger partial charge < -0.3 is 0 Å². The van der Waals surface area contributed by atoms with Crippen LogP contribution < -0.4 is 4.72 Å². The van der Waals surface area contributed by atoms with Crippen LogP contribution in [0.5, 0.6) is 0 Å². The Balaban J connectivity index is 2.35. The van der Waals surface area contributed by atoms with Gasteiger partial charge in [-0.2, -0.15) is 26.3 Å². The van der Waals surface area contributed by atoms with Gasteiger partial charge in [-0.25, -0.2) is 21.9 Å². The van der Waals surface area contributed by atoms with Crippen molar-refractivity contribution >= 4 is 10.0 Å². The van der Waals surface area contributed by atoms with E-state index >= 15 is 0 Å². The average molecular weight is 419 g/mol. The first kappa shape index (κ1) is 21.1. The number of benzene rings is 2. The maximum Gasteiger partial charge on any atom is 0.416 e. The fourth-order valence-corrected chi connectivity index (χ4v) is 3.06. The van der Waals surface area contributed by atoms with Crippen LogP contribution in [-0.2, 0) is 28.9 Å². The lowest BCUT2D eigenvalue weighted by Crippen LogP contribution is -2.24. The van der Waals surface area contributed by atoms with E-state index in [0.29, 0.717) is 30.3 Å². The molecular weight excluding hydrogens is 410 g/mol. The first-order chi connectivity index (χ1) is 12.2.